The molecule has 0 aromatic heterocycles. The highest BCUT2D eigenvalue weighted by Gasteiger charge is 2.00. The number of benzene rings is 2. The molecule has 0 aliphatic carbocycles. The van der Waals surface area contributed by atoms with Crippen LogP contribution >= 0.6 is 0 Å². The van der Waals surface area contributed by atoms with E-state index in [1.54, 1.807) is 18.2 Å². The Hall–Kier alpha value is -2.65. The molecule has 2 aromatic carbocycles. The first-order valence-corrected chi connectivity index (χ1v) is 7.04. The Morgan fingerprint density at radius 3 is 2.32 bits per heavy atom. The molecule has 0 fully saturated rings. The summed E-state index contributed by atoms with van der Waals surface area (Å²) in [5, 5.41) is 9.90. The van der Waals surface area contributed by atoms with Gasteiger partial charge in [0.2, 0.25) is 0 Å². The van der Waals surface area contributed by atoms with Crippen LogP contribution in [-0.4, -0.2) is 11.1 Å². The molecule has 2 aromatic rings. The van der Waals surface area contributed by atoms with Crippen LogP contribution in [-0.2, 0) is 16.1 Å². The number of aliphatic hydroxyl groups excluding tert-OH is 1. The Morgan fingerprint density at radius 2 is 1.64 bits per heavy atom. The van der Waals surface area contributed by atoms with Crippen LogP contribution in [0, 0.1) is 0 Å². The van der Waals surface area contributed by atoms with Gasteiger partial charge < -0.3 is 9.84 Å². The second-order valence-corrected chi connectivity index (χ2v) is 4.69. The first-order chi connectivity index (χ1) is 10.8. The molecule has 1 atom stereocenters. The lowest BCUT2D eigenvalue weighted by molar-refractivity contribution is -0.139. The number of allylic oxidation sites excluding steroid dienone is 2. The van der Waals surface area contributed by atoms with E-state index in [1.807, 2.05) is 60.7 Å². The molecule has 0 radical (unpaired) electrons. The van der Waals surface area contributed by atoms with Crippen molar-refractivity contribution in [3.05, 3.63) is 96.1 Å². The van der Waals surface area contributed by atoms with Gasteiger partial charge in [-0.15, -0.1) is 0 Å². The third kappa shape index (κ3) is 5.38. The molecular weight excluding hydrogens is 276 g/mol. The Kier molecular flexibility index (Phi) is 6.15. The molecule has 0 amide bonds. The minimum absolute atomic E-state index is 0.250. The van der Waals surface area contributed by atoms with Crippen LogP contribution in [0.15, 0.2) is 85.0 Å². The summed E-state index contributed by atoms with van der Waals surface area (Å²) in [6.07, 6.45) is 5.43. The van der Waals surface area contributed by atoms with Crippen molar-refractivity contribution < 1.29 is 14.6 Å². The number of aliphatic hydroxyl groups is 1. The van der Waals surface area contributed by atoms with E-state index in [0.29, 0.717) is 0 Å². The fraction of sp³-hybridized carbons (Fsp3) is 0.105. The molecule has 0 heterocycles. The van der Waals surface area contributed by atoms with E-state index in [2.05, 4.69) is 0 Å². The zero-order valence-corrected chi connectivity index (χ0v) is 12.1. The van der Waals surface area contributed by atoms with Crippen molar-refractivity contribution in [2.75, 3.05) is 0 Å². The van der Waals surface area contributed by atoms with E-state index in [0.717, 1.165) is 11.1 Å². The molecule has 2 rings (SSSR count). The highest BCUT2D eigenvalue weighted by molar-refractivity contribution is 5.82. The molecule has 0 bridgehead atoms. The minimum Gasteiger partial charge on any atom is -0.458 e. The minimum atomic E-state index is -0.689. The number of carbonyl (C=O) groups is 1. The lowest BCUT2D eigenvalue weighted by atomic mass is 10.1. The first kappa shape index (κ1) is 15.7. The van der Waals surface area contributed by atoms with Crippen LogP contribution < -0.4 is 0 Å². The van der Waals surface area contributed by atoms with Crippen molar-refractivity contribution in [3.63, 3.8) is 0 Å². The molecule has 0 aliphatic rings. The van der Waals surface area contributed by atoms with Gasteiger partial charge in [0.25, 0.3) is 0 Å². The zero-order chi connectivity index (χ0) is 15.6. The average molecular weight is 294 g/mol. The first-order valence-electron chi connectivity index (χ1n) is 7.04. The number of hydrogen-bond donors (Lipinski definition) is 1. The van der Waals surface area contributed by atoms with E-state index in [1.165, 1.54) is 6.08 Å². The van der Waals surface area contributed by atoms with Crippen LogP contribution in [0.3, 0.4) is 0 Å². The number of esters is 1. The van der Waals surface area contributed by atoms with E-state index in [4.69, 9.17) is 4.74 Å². The third-order valence-corrected chi connectivity index (χ3v) is 3.00. The van der Waals surface area contributed by atoms with Crippen LogP contribution in [0.1, 0.15) is 17.2 Å². The maximum absolute atomic E-state index is 11.5. The summed E-state index contributed by atoms with van der Waals surface area (Å²) in [5.74, 6) is -0.414. The van der Waals surface area contributed by atoms with Crippen molar-refractivity contribution in [1.29, 1.82) is 0 Å². The molecule has 1 N–H and O–H groups in total. The molecule has 112 valence electrons. The highest BCUT2D eigenvalue weighted by Crippen LogP contribution is 2.12. The van der Waals surface area contributed by atoms with E-state index >= 15 is 0 Å². The van der Waals surface area contributed by atoms with E-state index in [9.17, 15) is 9.90 Å². The largest absolute Gasteiger partial charge is 0.458 e. The van der Waals surface area contributed by atoms with Gasteiger partial charge in [0.1, 0.15) is 6.61 Å². The standard InChI is InChI=1S/C19H18O3/c20-18(17-11-5-2-6-12-17)13-7-8-14-19(21)22-15-16-9-3-1-4-10-16/h1-14,18,20H,15H2/b13-7-,14-8+/t18-/m0/s1. The number of carbonyl (C=O) groups excluding carboxylic acids is 1. The summed E-state index contributed by atoms with van der Waals surface area (Å²) >= 11 is 0. The third-order valence-electron chi connectivity index (χ3n) is 3.00. The Morgan fingerprint density at radius 1 is 1.00 bits per heavy atom. The summed E-state index contributed by atoms with van der Waals surface area (Å²) < 4.78 is 5.10. The van der Waals surface area contributed by atoms with Crippen molar-refractivity contribution in [3.8, 4) is 0 Å². The van der Waals surface area contributed by atoms with Gasteiger partial charge in [-0.2, -0.15) is 0 Å². The van der Waals surface area contributed by atoms with Crippen molar-refractivity contribution in [2.45, 2.75) is 12.7 Å². The lowest BCUT2D eigenvalue weighted by Crippen LogP contribution is -2.00. The smallest absolute Gasteiger partial charge is 0.331 e. The van der Waals surface area contributed by atoms with Gasteiger partial charge in [0, 0.05) is 6.08 Å². The summed E-state index contributed by atoms with van der Waals surface area (Å²) in [6, 6.07) is 18.8. The maximum atomic E-state index is 11.5. The van der Waals surface area contributed by atoms with E-state index in [-0.39, 0.29) is 6.61 Å². The zero-order valence-electron chi connectivity index (χ0n) is 12.1. The molecular formula is C19H18O3. The van der Waals surface area contributed by atoms with Gasteiger partial charge >= 0.3 is 5.97 Å². The number of rotatable bonds is 6. The summed E-state index contributed by atoms with van der Waals surface area (Å²) in [4.78, 5) is 11.5. The van der Waals surface area contributed by atoms with Gasteiger partial charge in [-0.1, -0.05) is 78.9 Å². The van der Waals surface area contributed by atoms with Crippen LogP contribution in [0.25, 0.3) is 0 Å². The number of hydrogen-bond acceptors (Lipinski definition) is 3. The Bertz CT molecular complexity index is 630. The topological polar surface area (TPSA) is 46.5 Å². The van der Waals surface area contributed by atoms with Crippen LogP contribution in [0.2, 0.25) is 0 Å². The molecule has 0 saturated heterocycles. The average Bonchev–Trinajstić information content (AvgIpc) is 2.58. The predicted molar refractivity (Wildman–Crippen MR) is 85.9 cm³/mol. The van der Waals surface area contributed by atoms with Gasteiger partial charge in [-0.25, -0.2) is 4.79 Å². The SMILES string of the molecule is O=C(/C=C/C=C\[C@H](O)c1ccccc1)OCc1ccccc1. The highest BCUT2D eigenvalue weighted by atomic mass is 16.5. The Labute approximate surface area is 130 Å². The molecule has 0 spiro atoms. The van der Waals surface area contributed by atoms with Gasteiger partial charge in [0.05, 0.1) is 6.10 Å². The molecule has 0 unspecified atom stereocenters. The van der Waals surface area contributed by atoms with Crippen molar-refractivity contribution >= 4 is 5.97 Å². The van der Waals surface area contributed by atoms with Crippen LogP contribution in [0.5, 0.6) is 0 Å². The van der Waals surface area contributed by atoms with Crippen LogP contribution in [0.4, 0.5) is 0 Å². The van der Waals surface area contributed by atoms with Crippen molar-refractivity contribution in [1.82, 2.24) is 0 Å². The molecule has 0 saturated carbocycles. The summed E-state index contributed by atoms with van der Waals surface area (Å²) in [6.45, 7) is 0.250. The molecule has 22 heavy (non-hydrogen) atoms. The summed E-state index contributed by atoms with van der Waals surface area (Å²) in [7, 11) is 0. The lowest BCUT2D eigenvalue weighted by Gasteiger charge is -2.04. The predicted octanol–water partition coefficient (Wildman–Crippen LogP) is 3.58. The van der Waals surface area contributed by atoms with Gasteiger partial charge in [-0.05, 0) is 11.1 Å². The Balaban J connectivity index is 1.77. The molecule has 3 heteroatoms. The summed E-state index contributed by atoms with van der Waals surface area (Å²) in [5.41, 5.74) is 1.75. The fourth-order valence-electron chi connectivity index (χ4n) is 1.84. The fourth-order valence-corrected chi connectivity index (χ4v) is 1.84. The van der Waals surface area contributed by atoms with Gasteiger partial charge in [0.15, 0.2) is 0 Å². The van der Waals surface area contributed by atoms with E-state index < -0.39 is 12.1 Å². The second kappa shape index (κ2) is 8.60. The van der Waals surface area contributed by atoms with Gasteiger partial charge in [-0.3, -0.25) is 0 Å². The monoisotopic (exact) mass is 294 g/mol. The normalized spacial score (nSPS) is 12.6. The number of ether oxygens (including phenoxy) is 1. The molecule has 3 nitrogen and oxygen atoms in total. The maximum Gasteiger partial charge on any atom is 0.331 e. The second-order valence-electron chi connectivity index (χ2n) is 4.69. The quantitative estimate of drug-likeness (QED) is 0.503. The van der Waals surface area contributed by atoms with Crippen molar-refractivity contribution in [2.24, 2.45) is 0 Å². The molecule has 0 aliphatic heterocycles.